The molecule has 1 atom stereocenters. The van der Waals surface area contributed by atoms with Crippen LogP contribution in [0, 0.1) is 5.92 Å². The molecule has 2 aromatic rings. The second kappa shape index (κ2) is 12.6. The van der Waals surface area contributed by atoms with Crippen LogP contribution in [0.5, 0.6) is 17.4 Å². The highest BCUT2D eigenvalue weighted by Gasteiger charge is 2.33. The number of amides is 1. The monoisotopic (exact) mass is 569 g/mol. The van der Waals surface area contributed by atoms with Gasteiger partial charge in [0.2, 0.25) is 5.88 Å². The zero-order valence-electron chi connectivity index (χ0n) is 20.4. The Morgan fingerprint density at radius 3 is 2.43 bits per heavy atom. The third-order valence-corrected chi connectivity index (χ3v) is 6.89. The summed E-state index contributed by atoms with van der Waals surface area (Å²) >= 11 is 5.95. The molecule has 0 bridgehead atoms. The molecule has 15 heteroatoms. The molecular formula is C22H27ClF3N3O7S. The number of alkyl halides is 3. The maximum atomic E-state index is 13.0. The largest absolute Gasteiger partial charge is 0.491 e. The van der Waals surface area contributed by atoms with Gasteiger partial charge in [-0.1, -0.05) is 25.4 Å². The quantitative estimate of drug-likeness (QED) is 0.344. The molecule has 2 rings (SSSR count). The van der Waals surface area contributed by atoms with Gasteiger partial charge in [-0.2, -0.15) is 30.6 Å². The lowest BCUT2D eigenvalue weighted by molar-refractivity contribution is -0.137. The van der Waals surface area contributed by atoms with E-state index in [2.05, 4.69) is 9.71 Å². The Morgan fingerprint density at radius 1 is 1.22 bits per heavy atom. The van der Waals surface area contributed by atoms with Crippen LogP contribution in [0.2, 0.25) is 5.02 Å². The topological polar surface area (TPSA) is 127 Å². The van der Waals surface area contributed by atoms with E-state index in [1.54, 1.807) is 20.8 Å². The number of carboxylic acid groups (broad SMARTS) is 1. The molecule has 1 unspecified atom stereocenters. The lowest BCUT2D eigenvalue weighted by Gasteiger charge is -2.25. The first-order chi connectivity index (χ1) is 17.2. The van der Waals surface area contributed by atoms with Crippen LogP contribution in [0.4, 0.5) is 18.0 Å². The predicted molar refractivity (Wildman–Crippen MR) is 128 cm³/mol. The van der Waals surface area contributed by atoms with Gasteiger partial charge in [0, 0.05) is 31.0 Å². The van der Waals surface area contributed by atoms with Crippen molar-refractivity contribution in [1.82, 2.24) is 14.0 Å². The summed E-state index contributed by atoms with van der Waals surface area (Å²) in [7, 11) is -3.03. The zero-order chi connectivity index (χ0) is 28.0. The average Bonchev–Trinajstić information content (AvgIpc) is 2.78. The van der Waals surface area contributed by atoms with Crippen molar-refractivity contribution in [2.45, 2.75) is 39.5 Å². The van der Waals surface area contributed by atoms with Crippen molar-refractivity contribution in [3.63, 3.8) is 0 Å². The molecule has 1 amide bonds. The minimum absolute atomic E-state index is 0.0434. The van der Waals surface area contributed by atoms with Gasteiger partial charge in [0.05, 0.1) is 18.7 Å². The number of nitrogens with one attached hydrogen (secondary N) is 1. The van der Waals surface area contributed by atoms with Gasteiger partial charge in [0.25, 0.3) is 0 Å². The van der Waals surface area contributed by atoms with E-state index in [0.717, 1.165) is 0 Å². The minimum Gasteiger partial charge on any atom is -0.491 e. The Hall–Kier alpha value is -2.81. The number of halogens is 4. The van der Waals surface area contributed by atoms with Crippen LogP contribution in [0.1, 0.15) is 31.9 Å². The number of methoxy groups -OCH3 is 1. The number of ether oxygens (including phenoxy) is 3. The molecular weight excluding hydrogens is 543 g/mol. The Morgan fingerprint density at radius 2 is 1.89 bits per heavy atom. The summed E-state index contributed by atoms with van der Waals surface area (Å²) < 4.78 is 83.0. The number of benzene rings is 1. The van der Waals surface area contributed by atoms with Crippen molar-refractivity contribution in [1.29, 1.82) is 0 Å². The Kier molecular flexibility index (Phi) is 10.4. The number of hydrogen-bond donors (Lipinski definition) is 2. The number of rotatable bonds is 12. The fraction of sp³-hybridized carbons (Fsp3) is 0.455. The third kappa shape index (κ3) is 8.62. The molecule has 0 spiro atoms. The van der Waals surface area contributed by atoms with Gasteiger partial charge in [-0.15, -0.1) is 0 Å². The normalized spacial score (nSPS) is 12.9. The van der Waals surface area contributed by atoms with Gasteiger partial charge in [0.15, 0.2) is 0 Å². The van der Waals surface area contributed by atoms with Gasteiger partial charge >= 0.3 is 22.5 Å². The van der Waals surface area contributed by atoms with Crippen molar-refractivity contribution in [2.75, 3.05) is 20.3 Å². The number of hydrogen-bond acceptors (Lipinski definition) is 7. The van der Waals surface area contributed by atoms with Crippen LogP contribution in [0.15, 0.2) is 30.5 Å². The first kappa shape index (κ1) is 30.4. The van der Waals surface area contributed by atoms with Crippen LogP contribution in [0.3, 0.4) is 0 Å². The van der Waals surface area contributed by atoms with E-state index < -0.39 is 51.5 Å². The molecule has 0 radical (unpaired) electrons. The van der Waals surface area contributed by atoms with Crippen LogP contribution in [0.25, 0.3) is 0 Å². The molecule has 1 aromatic heterocycles. The third-order valence-electron chi connectivity index (χ3n) is 5.09. The lowest BCUT2D eigenvalue weighted by Crippen LogP contribution is -2.47. The second-order valence-corrected chi connectivity index (χ2v) is 10.2. The maximum absolute atomic E-state index is 13.0. The minimum atomic E-state index is -4.69. The lowest BCUT2D eigenvalue weighted by atomic mass is 10.1. The highest BCUT2D eigenvalue weighted by molar-refractivity contribution is 7.87. The Labute approximate surface area is 217 Å². The van der Waals surface area contributed by atoms with E-state index >= 15 is 0 Å². The van der Waals surface area contributed by atoms with Crippen molar-refractivity contribution < 1.29 is 45.7 Å². The fourth-order valence-electron chi connectivity index (χ4n) is 2.70. The molecule has 1 aromatic carbocycles. The van der Waals surface area contributed by atoms with Gasteiger partial charge in [-0.3, -0.25) is 0 Å². The fourth-order valence-corrected chi connectivity index (χ4v) is 4.29. The summed E-state index contributed by atoms with van der Waals surface area (Å²) in [5.41, 5.74) is -1.06. The van der Waals surface area contributed by atoms with Crippen molar-refractivity contribution >= 4 is 27.9 Å². The molecule has 10 nitrogen and oxygen atoms in total. The van der Waals surface area contributed by atoms with E-state index in [1.165, 1.54) is 25.3 Å². The van der Waals surface area contributed by atoms with Gasteiger partial charge < -0.3 is 19.3 Å². The molecule has 0 saturated carbocycles. The summed E-state index contributed by atoms with van der Waals surface area (Å²) in [6.45, 7) is 4.79. The second-order valence-electron chi connectivity index (χ2n) is 8.17. The maximum Gasteiger partial charge on any atom is 0.422 e. The molecule has 206 valence electrons. The number of pyridine rings is 1. The smallest absolute Gasteiger partial charge is 0.422 e. The molecule has 2 N–H and O–H groups in total. The van der Waals surface area contributed by atoms with Crippen LogP contribution < -0.4 is 14.2 Å². The van der Waals surface area contributed by atoms with E-state index in [9.17, 15) is 31.5 Å². The van der Waals surface area contributed by atoms with Gasteiger partial charge in [-0.05, 0) is 31.0 Å². The van der Waals surface area contributed by atoms with E-state index in [4.69, 9.17) is 25.8 Å². The van der Waals surface area contributed by atoms with E-state index in [0.29, 0.717) is 12.3 Å². The predicted octanol–water partition coefficient (Wildman–Crippen LogP) is 4.93. The van der Waals surface area contributed by atoms with Crippen molar-refractivity contribution in [2.24, 2.45) is 5.92 Å². The summed E-state index contributed by atoms with van der Waals surface area (Å²) in [4.78, 5) is 15.5. The molecule has 0 aliphatic heterocycles. The van der Waals surface area contributed by atoms with Gasteiger partial charge in [-0.25, -0.2) is 9.78 Å². The van der Waals surface area contributed by atoms with Crippen LogP contribution in [-0.2, 0) is 27.7 Å². The van der Waals surface area contributed by atoms with Crippen molar-refractivity contribution in [3.8, 4) is 17.4 Å². The first-order valence-electron chi connectivity index (χ1n) is 10.8. The Balaban J connectivity index is 2.47. The summed E-state index contributed by atoms with van der Waals surface area (Å²) in [5, 5.41) is 9.17. The Bertz CT molecular complexity index is 1200. The van der Waals surface area contributed by atoms with Crippen LogP contribution in [-0.4, -0.2) is 55.3 Å². The first-order valence-corrected chi connectivity index (χ1v) is 12.7. The summed E-state index contributed by atoms with van der Waals surface area (Å²) in [5.74, 6) is -0.445. The standard InChI is InChI=1S/C22H27ClF3N3O7S/c1-13(2)14(3)28-37(32,33)29(21(30)31)12-15-5-6-17(35-8-7-34-4)10-19(15)36-20-18(23)9-16(11-27-20)22(24,25)26/h5-6,9-11,13-14,28H,7-8,12H2,1-4H3,(H,30,31). The highest BCUT2D eigenvalue weighted by atomic mass is 35.5. The molecule has 1 heterocycles. The molecule has 37 heavy (non-hydrogen) atoms. The zero-order valence-corrected chi connectivity index (χ0v) is 21.9. The number of carbonyl (C=O) groups is 1. The number of aromatic nitrogens is 1. The molecule has 0 aliphatic rings. The average molecular weight is 570 g/mol. The highest BCUT2D eigenvalue weighted by Crippen LogP contribution is 2.37. The van der Waals surface area contributed by atoms with E-state index in [-0.39, 0.29) is 40.5 Å². The van der Waals surface area contributed by atoms with Gasteiger partial charge in [0.1, 0.15) is 23.1 Å². The SMILES string of the molecule is COCCOc1ccc(CN(C(=O)O)S(=O)(=O)NC(C)C(C)C)c(Oc2ncc(C(F)(F)F)cc2Cl)c1. The number of nitrogens with zero attached hydrogens (tertiary/aromatic N) is 2. The summed E-state index contributed by atoms with van der Waals surface area (Å²) in [6.07, 6.45) is -5.93. The van der Waals surface area contributed by atoms with Crippen molar-refractivity contribution in [3.05, 3.63) is 46.6 Å². The molecule has 0 fully saturated rings. The summed E-state index contributed by atoms with van der Waals surface area (Å²) in [6, 6.07) is 4.14. The molecule has 0 saturated heterocycles. The molecule has 0 aliphatic carbocycles. The van der Waals surface area contributed by atoms with E-state index in [1.807, 2.05) is 0 Å². The van der Waals surface area contributed by atoms with Crippen LogP contribution >= 0.6 is 11.6 Å².